The van der Waals surface area contributed by atoms with Crippen molar-refractivity contribution in [2.75, 3.05) is 11.5 Å². The predicted molar refractivity (Wildman–Crippen MR) is 74.2 cm³/mol. The zero-order chi connectivity index (χ0) is 13.2. The molecule has 1 fully saturated rings. The van der Waals surface area contributed by atoms with Gasteiger partial charge in [0.25, 0.3) is 5.91 Å². The highest BCUT2D eigenvalue weighted by molar-refractivity contribution is 6.00. The molecule has 1 aliphatic rings. The fourth-order valence-electron chi connectivity index (χ4n) is 2.59. The van der Waals surface area contributed by atoms with Crippen LogP contribution >= 0.6 is 0 Å². The van der Waals surface area contributed by atoms with E-state index in [0.717, 1.165) is 12.8 Å². The molecule has 1 amide bonds. The monoisotopic (exact) mass is 247 g/mol. The van der Waals surface area contributed by atoms with Crippen LogP contribution in [0.4, 0.5) is 11.4 Å². The van der Waals surface area contributed by atoms with Crippen LogP contribution in [0.3, 0.4) is 0 Å². The molecular formula is C14H21N3O. The molecule has 1 aromatic carbocycles. The number of anilines is 2. The third-order valence-electron chi connectivity index (χ3n) is 3.69. The summed E-state index contributed by atoms with van der Waals surface area (Å²) in [5.74, 6) is -0.100. The lowest BCUT2D eigenvalue weighted by molar-refractivity contribution is 0.0883. The molecule has 4 nitrogen and oxygen atoms in total. The molecule has 0 aliphatic heterocycles. The standard InChI is InChI=1S/C14H21N3O/c1-14(7-3-2-4-8-14)17-13(18)11-6-5-10(15)9-12(11)16/h5-6,9H,2-4,7-8,15-16H2,1H3,(H,17,18). The third kappa shape index (κ3) is 2.75. The van der Waals surface area contributed by atoms with E-state index in [0.29, 0.717) is 16.9 Å². The second-order valence-electron chi connectivity index (χ2n) is 5.42. The molecule has 0 bridgehead atoms. The number of amides is 1. The number of nitrogens with one attached hydrogen (secondary N) is 1. The minimum absolute atomic E-state index is 0.0941. The highest BCUT2D eigenvalue weighted by atomic mass is 16.1. The van der Waals surface area contributed by atoms with Gasteiger partial charge in [-0.05, 0) is 38.0 Å². The summed E-state index contributed by atoms with van der Waals surface area (Å²) in [6.45, 7) is 2.11. The predicted octanol–water partition coefficient (Wildman–Crippen LogP) is 2.30. The van der Waals surface area contributed by atoms with E-state index in [1.165, 1.54) is 19.3 Å². The molecule has 0 aromatic heterocycles. The summed E-state index contributed by atoms with van der Waals surface area (Å²) < 4.78 is 0. The molecule has 0 heterocycles. The highest BCUT2D eigenvalue weighted by Crippen LogP contribution is 2.28. The first-order valence-corrected chi connectivity index (χ1v) is 6.48. The lowest BCUT2D eigenvalue weighted by atomic mass is 9.83. The zero-order valence-corrected chi connectivity index (χ0v) is 10.8. The van der Waals surface area contributed by atoms with Crippen LogP contribution in [-0.2, 0) is 0 Å². The quantitative estimate of drug-likeness (QED) is 0.701. The topological polar surface area (TPSA) is 81.1 Å². The van der Waals surface area contributed by atoms with E-state index in [1.807, 2.05) is 0 Å². The van der Waals surface area contributed by atoms with Gasteiger partial charge in [-0.25, -0.2) is 0 Å². The molecule has 98 valence electrons. The first kappa shape index (κ1) is 12.7. The molecule has 1 aliphatic carbocycles. The number of carbonyl (C=O) groups is 1. The van der Waals surface area contributed by atoms with Crippen molar-refractivity contribution in [1.82, 2.24) is 5.32 Å². The molecule has 1 saturated carbocycles. The van der Waals surface area contributed by atoms with Crippen molar-refractivity contribution in [2.24, 2.45) is 0 Å². The zero-order valence-electron chi connectivity index (χ0n) is 10.8. The summed E-state index contributed by atoms with van der Waals surface area (Å²) in [6, 6.07) is 5.01. The maximum atomic E-state index is 12.2. The summed E-state index contributed by atoms with van der Waals surface area (Å²) in [4.78, 5) is 12.2. The van der Waals surface area contributed by atoms with Crippen LogP contribution in [0.1, 0.15) is 49.4 Å². The van der Waals surface area contributed by atoms with Gasteiger partial charge in [-0.15, -0.1) is 0 Å². The normalized spacial score (nSPS) is 18.3. The van der Waals surface area contributed by atoms with E-state index < -0.39 is 0 Å². The Labute approximate surface area is 108 Å². The Balaban J connectivity index is 2.11. The Kier molecular flexibility index (Phi) is 3.45. The van der Waals surface area contributed by atoms with Crippen molar-refractivity contribution in [3.8, 4) is 0 Å². The number of carbonyl (C=O) groups excluding carboxylic acids is 1. The molecule has 0 saturated heterocycles. The van der Waals surface area contributed by atoms with Gasteiger partial charge in [-0.1, -0.05) is 19.3 Å². The van der Waals surface area contributed by atoms with Crippen LogP contribution in [-0.4, -0.2) is 11.4 Å². The molecule has 1 aromatic rings. The summed E-state index contributed by atoms with van der Waals surface area (Å²) >= 11 is 0. The van der Waals surface area contributed by atoms with Gasteiger partial charge in [-0.3, -0.25) is 4.79 Å². The summed E-state index contributed by atoms with van der Waals surface area (Å²) in [5.41, 5.74) is 12.9. The second-order valence-corrected chi connectivity index (χ2v) is 5.42. The largest absolute Gasteiger partial charge is 0.399 e. The molecule has 0 radical (unpaired) electrons. The fraction of sp³-hybridized carbons (Fsp3) is 0.500. The van der Waals surface area contributed by atoms with Crippen molar-refractivity contribution in [3.63, 3.8) is 0 Å². The number of hydrogen-bond donors (Lipinski definition) is 3. The molecule has 18 heavy (non-hydrogen) atoms. The Morgan fingerprint density at radius 2 is 1.89 bits per heavy atom. The fourth-order valence-corrected chi connectivity index (χ4v) is 2.59. The summed E-state index contributed by atoms with van der Waals surface area (Å²) in [6.07, 6.45) is 5.68. The molecular weight excluding hydrogens is 226 g/mol. The van der Waals surface area contributed by atoms with Crippen molar-refractivity contribution in [1.29, 1.82) is 0 Å². The first-order valence-electron chi connectivity index (χ1n) is 6.48. The van der Waals surface area contributed by atoms with Crippen molar-refractivity contribution < 1.29 is 4.79 Å². The lowest BCUT2D eigenvalue weighted by Gasteiger charge is -2.34. The van der Waals surface area contributed by atoms with Crippen LogP contribution in [0, 0.1) is 0 Å². The maximum Gasteiger partial charge on any atom is 0.253 e. The average molecular weight is 247 g/mol. The maximum absolute atomic E-state index is 12.2. The number of hydrogen-bond acceptors (Lipinski definition) is 3. The minimum Gasteiger partial charge on any atom is -0.399 e. The van der Waals surface area contributed by atoms with Gasteiger partial charge in [0.05, 0.1) is 5.56 Å². The van der Waals surface area contributed by atoms with E-state index in [9.17, 15) is 4.79 Å². The highest BCUT2D eigenvalue weighted by Gasteiger charge is 2.29. The Hall–Kier alpha value is -1.71. The number of benzene rings is 1. The molecule has 0 atom stereocenters. The molecule has 4 heteroatoms. The van der Waals surface area contributed by atoms with E-state index in [-0.39, 0.29) is 11.4 Å². The van der Waals surface area contributed by atoms with Crippen LogP contribution < -0.4 is 16.8 Å². The van der Waals surface area contributed by atoms with Gasteiger partial charge >= 0.3 is 0 Å². The van der Waals surface area contributed by atoms with Gasteiger partial charge in [0.1, 0.15) is 0 Å². The minimum atomic E-state index is -0.100. The van der Waals surface area contributed by atoms with Gasteiger partial charge in [0, 0.05) is 16.9 Å². The lowest BCUT2D eigenvalue weighted by Crippen LogP contribution is -2.47. The van der Waals surface area contributed by atoms with Gasteiger partial charge in [-0.2, -0.15) is 0 Å². The van der Waals surface area contributed by atoms with Crippen molar-refractivity contribution >= 4 is 17.3 Å². The number of nitrogen functional groups attached to an aromatic ring is 2. The van der Waals surface area contributed by atoms with Crippen LogP contribution in [0.2, 0.25) is 0 Å². The molecule has 0 unspecified atom stereocenters. The average Bonchev–Trinajstić information content (AvgIpc) is 2.28. The molecule has 2 rings (SSSR count). The van der Waals surface area contributed by atoms with Crippen LogP contribution in [0.25, 0.3) is 0 Å². The van der Waals surface area contributed by atoms with Crippen molar-refractivity contribution in [3.05, 3.63) is 23.8 Å². The van der Waals surface area contributed by atoms with E-state index >= 15 is 0 Å². The second kappa shape index (κ2) is 4.88. The summed E-state index contributed by atoms with van der Waals surface area (Å²) in [7, 11) is 0. The summed E-state index contributed by atoms with van der Waals surface area (Å²) in [5, 5.41) is 3.11. The van der Waals surface area contributed by atoms with Crippen LogP contribution in [0.15, 0.2) is 18.2 Å². The molecule has 5 N–H and O–H groups in total. The third-order valence-corrected chi connectivity index (χ3v) is 3.69. The van der Waals surface area contributed by atoms with Crippen molar-refractivity contribution in [2.45, 2.75) is 44.6 Å². The Morgan fingerprint density at radius 1 is 1.22 bits per heavy atom. The van der Waals surface area contributed by atoms with E-state index in [1.54, 1.807) is 18.2 Å². The smallest absolute Gasteiger partial charge is 0.253 e. The van der Waals surface area contributed by atoms with Crippen LogP contribution in [0.5, 0.6) is 0 Å². The number of rotatable bonds is 2. The van der Waals surface area contributed by atoms with Gasteiger partial charge in [0.15, 0.2) is 0 Å². The SMILES string of the molecule is CC1(NC(=O)c2ccc(N)cc2N)CCCCC1. The van der Waals surface area contributed by atoms with Gasteiger partial charge in [0.2, 0.25) is 0 Å². The molecule has 0 spiro atoms. The Bertz CT molecular complexity index is 450. The number of nitrogens with two attached hydrogens (primary N) is 2. The van der Waals surface area contributed by atoms with Gasteiger partial charge < -0.3 is 16.8 Å². The van der Waals surface area contributed by atoms with E-state index in [4.69, 9.17) is 11.5 Å². The first-order chi connectivity index (χ1) is 8.50. The van der Waals surface area contributed by atoms with E-state index in [2.05, 4.69) is 12.2 Å². The Morgan fingerprint density at radius 3 is 2.50 bits per heavy atom.